The minimum Gasteiger partial charge on any atom is -0.477 e. The normalized spacial score (nSPS) is 19.5. The van der Waals surface area contributed by atoms with E-state index in [4.69, 9.17) is 4.74 Å². The molecule has 28 heavy (non-hydrogen) atoms. The molecule has 11 heteroatoms. The summed E-state index contributed by atoms with van der Waals surface area (Å²) >= 11 is 0. The molecule has 152 valence electrons. The van der Waals surface area contributed by atoms with E-state index in [1.807, 2.05) is 0 Å². The van der Waals surface area contributed by atoms with Crippen LogP contribution in [0.1, 0.15) is 37.6 Å². The van der Waals surface area contributed by atoms with Gasteiger partial charge in [-0.1, -0.05) is 0 Å². The lowest BCUT2D eigenvalue weighted by molar-refractivity contribution is -0.0232. The standard InChI is InChI=1S/C17H21F2N5O4/c1-16(2,3)28-15(27)21-10-6-17(18,19)9-23(7-10)13-11(14(25)26)8-24-12(22-13)4-5-20-24/h4-5,8,10H,6-7,9H2,1-3H3,(H,21,27)(H,25,26)/t10-/m1/s1. The number of carbonyl (C=O) groups excluding carboxylic acids is 1. The molecule has 0 bridgehead atoms. The van der Waals surface area contributed by atoms with Crippen molar-refractivity contribution < 1.29 is 28.2 Å². The summed E-state index contributed by atoms with van der Waals surface area (Å²) in [7, 11) is 0. The number of aromatic nitrogens is 3. The van der Waals surface area contributed by atoms with Crippen molar-refractivity contribution in [3.05, 3.63) is 24.0 Å². The fourth-order valence-corrected chi connectivity index (χ4v) is 3.07. The van der Waals surface area contributed by atoms with Crippen LogP contribution in [0.5, 0.6) is 0 Å². The molecule has 0 spiro atoms. The zero-order valence-electron chi connectivity index (χ0n) is 15.6. The minimum absolute atomic E-state index is 0.0353. The fourth-order valence-electron chi connectivity index (χ4n) is 3.07. The third kappa shape index (κ3) is 4.46. The van der Waals surface area contributed by atoms with Crippen LogP contribution in [-0.4, -0.2) is 62.4 Å². The zero-order chi connectivity index (χ0) is 20.7. The number of piperidine rings is 1. The third-order valence-corrected chi connectivity index (χ3v) is 4.02. The van der Waals surface area contributed by atoms with Gasteiger partial charge in [0.2, 0.25) is 0 Å². The van der Waals surface area contributed by atoms with Crippen molar-refractivity contribution in [3.63, 3.8) is 0 Å². The molecular formula is C17H21F2N5O4. The Morgan fingerprint density at radius 2 is 2.11 bits per heavy atom. The van der Waals surface area contributed by atoms with Crippen molar-refractivity contribution in [2.75, 3.05) is 18.0 Å². The van der Waals surface area contributed by atoms with Crippen molar-refractivity contribution in [2.45, 2.75) is 44.8 Å². The Morgan fingerprint density at radius 1 is 1.39 bits per heavy atom. The van der Waals surface area contributed by atoms with E-state index < -0.39 is 42.6 Å². The van der Waals surface area contributed by atoms with Crippen LogP contribution in [-0.2, 0) is 4.74 Å². The summed E-state index contributed by atoms with van der Waals surface area (Å²) in [6.45, 7) is 4.25. The first-order valence-corrected chi connectivity index (χ1v) is 8.63. The number of carboxylic acids is 1. The quantitative estimate of drug-likeness (QED) is 0.817. The van der Waals surface area contributed by atoms with Gasteiger partial charge in [-0.15, -0.1) is 0 Å². The molecule has 0 aliphatic carbocycles. The van der Waals surface area contributed by atoms with Crippen molar-refractivity contribution >= 4 is 23.5 Å². The molecule has 1 atom stereocenters. The Labute approximate surface area is 159 Å². The van der Waals surface area contributed by atoms with Crippen molar-refractivity contribution in [3.8, 4) is 0 Å². The van der Waals surface area contributed by atoms with E-state index in [0.29, 0.717) is 5.65 Å². The topological polar surface area (TPSA) is 109 Å². The second-order valence-corrected chi connectivity index (χ2v) is 7.70. The molecule has 0 unspecified atom stereocenters. The summed E-state index contributed by atoms with van der Waals surface area (Å²) < 4.78 is 35.1. The van der Waals surface area contributed by atoms with Crippen molar-refractivity contribution in [1.29, 1.82) is 0 Å². The van der Waals surface area contributed by atoms with Crippen LogP contribution in [0.4, 0.5) is 19.4 Å². The SMILES string of the molecule is CC(C)(C)OC(=O)N[C@H]1CN(c2nc3ccnn3cc2C(=O)O)CC(F)(F)C1. The van der Waals surface area contributed by atoms with E-state index in [-0.39, 0.29) is 17.9 Å². The summed E-state index contributed by atoms with van der Waals surface area (Å²) in [4.78, 5) is 29.0. The second kappa shape index (κ2) is 6.88. The molecule has 2 N–H and O–H groups in total. The monoisotopic (exact) mass is 397 g/mol. The lowest BCUT2D eigenvalue weighted by atomic mass is 10.0. The summed E-state index contributed by atoms with van der Waals surface area (Å²) in [5.74, 6) is -4.57. The molecule has 3 rings (SSSR count). The van der Waals surface area contributed by atoms with E-state index in [1.165, 1.54) is 27.9 Å². The summed E-state index contributed by atoms with van der Waals surface area (Å²) in [5, 5.41) is 15.8. The number of carbonyl (C=O) groups is 2. The average molecular weight is 397 g/mol. The number of nitrogens with one attached hydrogen (secondary N) is 1. The number of alkyl halides is 2. The first-order valence-electron chi connectivity index (χ1n) is 8.63. The van der Waals surface area contributed by atoms with Crippen LogP contribution in [0.15, 0.2) is 18.5 Å². The van der Waals surface area contributed by atoms with Crippen LogP contribution in [0.2, 0.25) is 0 Å². The first-order chi connectivity index (χ1) is 12.9. The third-order valence-electron chi connectivity index (χ3n) is 4.02. The Balaban J connectivity index is 1.89. The van der Waals surface area contributed by atoms with Crippen LogP contribution in [0.25, 0.3) is 5.65 Å². The maximum absolute atomic E-state index is 14.3. The fraction of sp³-hybridized carbons (Fsp3) is 0.529. The molecular weight excluding hydrogens is 376 g/mol. The van der Waals surface area contributed by atoms with E-state index >= 15 is 0 Å². The highest BCUT2D eigenvalue weighted by molar-refractivity contribution is 5.93. The Kier molecular flexibility index (Phi) is 4.86. The number of rotatable bonds is 3. The second-order valence-electron chi connectivity index (χ2n) is 7.70. The van der Waals surface area contributed by atoms with Gasteiger partial charge in [0.15, 0.2) is 5.65 Å². The molecule has 1 aliphatic rings. The number of hydrogen-bond acceptors (Lipinski definition) is 6. The number of hydrogen-bond donors (Lipinski definition) is 2. The summed E-state index contributed by atoms with van der Waals surface area (Å²) in [5.41, 5.74) is -0.707. The average Bonchev–Trinajstić information content (AvgIpc) is 2.97. The number of ether oxygens (including phenoxy) is 1. The lowest BCUT2D eigenvalue weighted by Gasteiger charge is -2.39. The number of carboxylic acid groups (broad SMARTS) is 1. The van der Waals surface area contributed by atoms with Crippen LogP contribution < -0.4 is 10.2 Å². The zero-order valence-corrected chi connectivity index (χ0v) is 15.6. The molecule has 1 aliphatic heterocycles. The van der Waals surface area contributed by atoms with Gasteiger partial charge in [0.05, 0.1) is 18.8 Å². The van der Waals surface area contributed by atoms with Crippen molar-refractivity contribution in [2.24, 2.45) is 0 Å². The molecule has 3 heterocycles. The lowest BCUT2D eigenvalue weighted by Crippen LogP contribution is -2.56. The molecule has 0 aromatic carbocycles. The minimum atomic E-state index is -3.15. The van der Waals surface area contributed by atoms with Gasteiger partial charge in [-0.2, -0.15) is 5.10 Å². The van der Waals surface area contributed by atoms with Gasteiger partial charge in [0.1, 0.15) is 17.0 Å². The van der Waals surface area contributed by atoms with Crippen LogP contribution >= 0.6 is 0 Å². The largest absolute Gasteiger partial charge is 0.477 e. The van der Waals surface area contributed by atoms with E-state index in [2.05, 4.69) is 15.4 Å². The molecule has 0 saturated carbocycles. The summed E-state index contributed by atoms with van der Waals surface area (Å²) in [6, 6.07) is 0.594. The molecule has 1 fully saturated rings. The van der Waals surface area contributed by atoms with Crippen molar-refractivity contribution in [1.82, 2.24) is 19.9 Å². The number of fused-ring (bicyclic) bond motifs is 1. The molecule has 1 amide bonds. The highest BCUT2D eigenvalue weighted by Crippen LogP contribution is 2.31. The number of nitrogens with zero attached hydrogens (tertiary/aromatic N) is 4. The highest BCUT2D eigenvalue weighted by Gasteiger charge is 2.42. The number of halogens is 2. The van der Waals surface area contributed by atoms with E-state index in [0.717, 1.165) is 0 Å². The maximum Gasteiger partial charge on any atom is 0.407 e. The first kappa shape index (κ1) is 19.8. The Bertz CT molecular complexity index is 909. The molecule has 2 aromatic rings. The molecule has 1 saturated heterocycles. The van der Waals surface area contributed by atoms with E-state index in [1.54, 1.807) is 20.8 Å². The van der Waals surface area contributed by atoms with Gasteiger partial charge in [-0.3, -0.25) is 0 Å². The smallest absolute Gasteiger partial charge is 0.407 e. The number of amides is 1. The molecule has 0 radical (unpaired) electrons. The number of aromatic carboxylic acids is 1. The van der Waals surface area contributed by atoms with Crippen LogP contribution in [0, 0.1) is 0 Å². The van der Waals surface area contributed by atoms with Gasteiger partial charge >= 0.3 is 12.1 Å². The predicted octanol–water partition coefficient (Wildman–Crippen LogP) is 2.17. The Morgan fingerprint density at radius 3 is 2.75 bits per heavy atom. The predicted molar refractivity (Wildman–Crippen MR) is 94.9 cm³/mol. The van der Waals surface area contributed by atoms with Gasteiger partial charge < -0.3 is 20.1 Å². The molecule has 2 aromatic heterocycles. The maximum atomic E-state index is 14.3. The molecule has 9 nitrogen and oxygen atoms in total. The summed E-state index contributed by atoms with van der Waals surface area (Å²) in [6.07, 6.45) is 1.26. The van der Waals surface area contributed by atoms with Gasteiger partial charge in [-0.25, -0.2) is 27.9 Å². The number of anilines is 1. The van der Waals surface area contributed by atoms with Gasteiger partial charge in [-0.05, 0) is 20.8 Å². The van der Waals surface area contributed by atoms with Gasteiger partial charge in [0.25, 0.3) is 5.92 Å². The van der Waals surface area contributed by atoms with E-state index in [9.17, 15) is 23.5 Å². The van der Waals surface area contributed by atoms with Crippen LogP contribution in [0.3, 0.4) is 0 Å². The number of alkyl carbamates (subject to hydrolysis) is 1. The highest BCUT2D eigenvalue weighted by atomic mass is 19.3. The van der Waals surface area contributed by atoms with Gasteiger partial charge in [0, 0.05) is 25.2 Å². The Hall–Kier alpha value is -2.98.